The van der Waals surface area contributed by atoms with Crippen molar-refractivity contribution in [2.24, 2.45) is 11.8 Å². The smallest absolute Gasteiger partial charge is 0.135 e. The molecule has 0 bridgehead atoms. The van der Waals surface area contributed by atoms with E-state index in [1.807, 2.05) is 6.92 Å². The molecular formula is C15H28O. The van der Waals surface area contributed by atoms with E-state index >= 15 is 0 Å². The van der Waals surface area contributed by atoms with Crippen LogP contribution in [0.25, 0.3) is 0 Å². The topological polar surface area (TPSA) is 17.1 Å². The van der Waals surface area contributed by atoms with Crippen molar-refractivity contribution in [2.75, 3.05) is 0 Å². The largest absolute Gasteiger partial charge is 0.299 e. The highest BCUT2D eigenvalue weighted by Gasteiger charge is 2.24. The summed E-state index contributed by atoms with van der Waals surface area (Å²) in [4.78, 5) is 11.6. The van der Waals surface area contributed by atoms with Crippen LogP contribution in [-0.4, -0.2) is 5.78 Å². The number of hydrogen-bond donors (Lipinski definition) is 0. The minimum absolute atomic E-state index is 0.414. The summed E-state index contributed by atoms with van der Waals surface area (Å²) in [6.45, 7) is 4.26. The number of carbonyl (C=O) groups is 1. The third kappa shape index (κ3) is 4.67. The van der Waals surface area contributed by atoms with Crippen LogP contribution in [0, 0.1) is 11.8 Å². The van der Waals surface area contributed by atoms with Crippen LogP contribution in [0.2, 0.25) is 0 Å². The Labute approximate surface area is 101 Å². The zero-order valence-corrected chi connectivity index (χ0v) is 11.1. The van der Waals surface area contributed by atoms with E-state index in [0.29, 0.717) is 11.7 Å². The van der Waals surface area contributed by atoms with Gasteiger partial charge in [-0.1, -0.05) is 46.0 Å². The summed E-state index contributed by atoms with van der Waals surface area (Å²) in [7, 11) is 0. The second-order valence-corrected chi connectivity index (χ2v) is 5.39. The predicted octanol–water partition coefficient (Wildman–Crippen LogP) is 4.74. The Kier molecular flexibility index (Phi) is 6.75. The summed E-state index contributed by atoms with van der Waals surface area (Å²) >= 11 is 0. The molecule has 0 amide bonds. The van der Waals surface area contributed by atoms with Gasteiger partial charge in [0.2, 0.25) is 0 Å². The first-order valence-electron chi connectivity index (χ1n) is 7.30. The molecule has 0 spiro atoms. The van der Waals surface area contributed by atoms with E-state index < -0.39 is 0 Å². The molecule has 16 heavy (non-hydrogen) atoms. The van der Waals surface area contributed by atoms with Gasteiger partial charge in [0.25, 0.3) is 0 Å². The quantitative estimate of drug-likeness (QED) is 0.571. The molecule has 0 radical (unpaired) electrons. The van der Waals surface area contributed by atoms with Crippen molar-refractivity contribution in [2.45, 2.75) is 78.1 Å². The monoisotopic (exact) mass is 224 g/mol. The molecule has 0 unspecified atom stereocenters. The first-order chi connectivity index (χ1) is 7.77. The number of unbranched alkanes of at least 4 members (excludes halogenated alkanes) is 3. The average Bonchev–Trinajstić information content (AvgIpc) is 2.34. The molecule has 1 aliphatic carbocycles. The SMILES string of the molecule is CCCCCCC1CCC(C(=O)CC)CC1. The van der Waals surface area contributed by atoms with Crippen molar-refractivity contribution >= 4 is 5.78 Å². The Morgan fingerprint density at radius 2 is 1.69 bits per heavy atom. The van der Waals surface area contributed by atoms with Gasteiger partial charge in [0.15, 0.2) is 0 Å². The van der Waals surface area contributed by atoms with Crippen LogP contribution < -0.4 is 0 Å². The second-order valence-electron chi connectivity index (χ2n) is 5.39. The van der Waals surface area contributed by atoms with Crippen molar-refractivity contribution in [3.8, 4) is 0 Å². The van der Waals surface area contributed by atoms with Gasteiger partial charge in [-0.15, -0.1) is 0 Å². The lowest BCUT2D eigenvalue weighted by atomic mass is 9.77. The fourth-order valence-electron chi connectivity index (χ4n) is 2.92. The maximum Gasteiger partial charge on any atom is 0.135 e. The molecular weight excluding hydrogens is 196 g/mol. The van der Waals surface area contributed by atoms with E-state index in [1.165, 1.54) is 57.8 Å². The van der Waals surface area contributed by atoms with E-state index in [0.717, 1.165) is 12.3 Å². The lowest BCUT2D eigenvalue weighted by Gasteiger charge is -2.27. The van der Waals surface area contributed by atoms with Crippen LogP contribution >= 0.6 is 0 Å². The Morgan fingerprint density at radius 1 is 1.00 bits per heavy atom. The zero-order chi connectivity index (χ0) is 11.8. The number of hydrogen-bond acceptors (Lipinski definition) is 1. The van der Waals surface area contributed by atoms with Crippen molar-refractivity contribution in [1.29, 1.82) is 0 Å². The predicted molar refractivity (Wildman–Crippen MR) is 69.5 cm³/mol. The molecule has 0 aliphatic heterocycles. The molecule has 0 aromatic heterocycles. The Balaban J connectivity index is 2.10. The highest BCUT2D eigenvalue weighted by molar-refractivity contribution is 5.80. The normalized spacial score (nSPS) is 25.6. The van der Waals surface area contributed by atoms with Gasteiger partial charge >= 0.3 is 0 Å². The lowest BCUT2D eigenvalue weighted by molar-refractivity contribution is -0.123. The summed E-state index contributed by atoms with van der Waals surface area (Å²) < 4.78 is 0. The van der Waals surface area contributed by atoms with E-state index in [-0.39, 0.29) is 0 Å². The molecule has 94 valence electrons. The maximum atomic E-state index is 11.6. The minimum Gasteiger partial charge on any atom is -0.299 e. The standard InChI is InChI=1S/C15H28O/c1-3-5-6-7-8-13-9-11-14(12-10-13)15(16)4-2/h13-14H,3-12H2,1-2H3. The molecule has 1 heteroatoms. The van der Waals surface area contributed by atoms with E-state index in [4.69, 9.17) is 0 Å². The molecule has 1 nitrogen and oxygen atoms in total. The van der Waals surface area contributed by atoms with Gasteiger partial charge < -0.3 is 0 Å². The number of ketones is 1. The van der Waals surface area contributed by atoms with E-state index in [9.17, 15) is 4.79 Å². The molecule has 1 aliphatic rings. The first-order valence-corrected chi connectivity index (χ1v) is 7.30. The van der Waals surface area contributed by atoms with Crippen LogP contribution in [0.4, 0.5) is 0 Å². The minimum atomic E-state index is 0.414. The van der Waals surface area contributed by atoms with E-state index in [1.54, 1.807) is 0 Å². The van der Waals surface area contributed by atoms with Gasteiger partial charge in [0.1, 0.15) is 5.78 Å². The lowest BCUT2D eigenvalue weighted by Crippen LogP contribution is -2.21. The van der Waals surface area contributed by atoms with Crippen molar-refractivity contribution < 1.29 is 4.79 Å². The fraction of sp³-hybridized carbons (Fsp3) is 0.933. The van der Waals surface area contributed by atoms with Crippen LogP contribution in [0.15, 0.2) is 0 Å². The van der Waals surface area contributed by atoms with Crippen LogP contribution in [0.3, 0.4) is 0 Å². The van der Waals surface area contributed by atoms with Crippen LogP contribution in [0.1, 0.15) is 78.1 Å². The third-order valence-corrected chi connectivity index (χ3v) is 4.12. The summed E-state index contributed by atoms with van der Waals surface area (Å²) in [6.07, 6.45) is 12.6. The zero-order valence-electron chi connectivity index (χ0n) is 11.1. The van der Waals surface area contributed by atoms with E-state index in [2.05, 4.69) is 6.92 Å². The summed E-state index contributed by atoms with van der Waals surface area (Å²) in [5.41, 5.74) is 0. The highest BCUT2D eigenvalue weighted by atomic mass is 16.1. The first kappa shape index (κ1) is 13.7. The van der Waals surface area contributed by atoms with Gasteiger partial charge in [-0.3, -0.25) is 4.79 Å². The third-order valence-electron chi connectivity index (χ3n) is 4.12. The van der Waals surface area contributed by atoms with Gasteiger partial charge in [-0.05, 0) is 31.6 Å². The highest BCUT2D eigenvalue weighted by Crippen LogP contribution is 2.32. The summed E-state index contributed by atoms with van der Waals surface area (Å²) in [6, 6.07) is 0. The molecule has 0 aromatic rings. The second kappa shape index (κ2) is 7.86. The molecule has 0 saturated heterocycles. The molecule has 0 heterocycles. The van der Waals surface area contributed by atoms with Crippen LogP contribution in [0.5, 0.6) is 0 Å². The molecule has 0 N–H and O–H groups in total. The summed E-state index contributed by atoms with van der Waals surface area (Å²) in [5, 5.41) is 0. The Bertz CT molecular complexity index is 190. The molecule has 1 fully saturated rings. The number of carbonyl (C=O) groups excluding carboxylic acids is 1. The summed E-state index contributed by atoms with van der Waals surface area (Å²) in [5.74, 6) is 1.85. The molecule has 1 rings (SSSR count). The van der Waals surface area contributed by atoms with Gasteiger partial charge in [-0.2, -0.15) is 0 Å². The molecule has 1 saturated carbocycles. The Hall–Kier alpha value is -0.330. The van der Waals surface area contributed by atoms with Gasteiger partial charge in [-0.25, -0.2) is 0 Å². The van der Waals surface area contributed by atoms with Crippen molar-refractivity contribution in [1.82, 2.24) is 0 Å². The fourth-order valence-corrected chi connectivity index (χ4v) is 2.92. The van der Waals surface area contributed by atoms with Crippen LogP contribution in [-0.2, 0) is 4.79 Å². The van der Waals surface area contributed by atoms with Crippen molar-refractivity contribution in [3.05, 3.63) is 0 Å². The maximum absolute atomic E-state index is 11.6. The number of Topliss-reactive ketones (excluding diaryl/α,β-unsaturated/α-hetero) is 1. The molecule has 0 aromatic carbocycles. The number of rotatable bonds is 7. The average molecular weight is 224 g/mol. The van der Waals surface area contributed by atoms with Gasteiger partial charge in [0, 0.05) is 12.3 Å². The molecule has 0 atom stereocenters. The van der Waals surface area contributed by atoms with Crippen molar-refractivity contribution in [3.63, 3.8) is 0 Å². The van der Waals surface area contributed by atoms with Gasteiger partial charge in [0.05, 0.1) is 0 Å². The Morgan fingerprint density at radius 3 is 2.25 bits per heavy atom.